The highest BCUT2D eigenvalue weighted by Gasteiger charge is 2.32. The van der Waals surface area contributed by atoms with Gasteiger partial charge in [-0.2, -0.15) is 8.78 Å². The van der Waals surface area contributed by atoms with Gasteiger partial charge in [-0.25, -0.2) is 4.98 Å². The SMILES string of the molecule is CNc1ccc2c(c1)nc(C(C)(F)F)n2CC1CCOCC1. The minimum atomic E-state index is -2.95. The molecule has 120 valence electrons. The number of halogens is 2. The van der Waals surface area contributed by atoms with Gasteiger partial charge in [-0.3, -0.25) is 0 Å². The summed E-state index contributed by atoms with van der Waals surface area (Å²) in [4.78, 5) is 4.20. The maximum atomic E-state index is 14.0. The molecule has 1 N–H and O–H groups in total. The third kappa shape index (κ3) is 2.92. The average Bonchev–Trinajstić information content (AvgIpc) is 2.86. The number of hydrogen-bond donors (Lipinski definition) is 1. The molecular formula is C16H21F2N3O. The summed E-state index contributed by atoms with van der Waals surface area (Å²) >= 11 is 0. The lowest BCUT2D eigenvalue weighted by atomic mass is 10.00. The first-order valence-corrected chi connectivity index (χ1v) is 7.63. The first-order valence-electron chi connectivity index (χ1n) is 7.63. The van der Waals surface area contributed by atoms with Gasteiger partial charge in [-0.1, -0.05) is 0 Å². The van der Waals surface area contributed by atoms with Crippen molar-refractivity contribution < 1.29 is 13.5 Å². The Morgan fingerprint density at radius 1 is 1.36 bits per heavy atom. The molecule has 6 heteroatoms. The summed E-state index contributed by atoms with van der Waals surface area (Å²) in [7, 11) is 1.80. The first-order chi connectivity index (χ1) is 10.5. The minimum absolute atomic E-state index is 0.151. The zero-order valence-corrected chi connectivity index (χ0v) is 12.9. The van der Waals surface area contributed by atoms with Gasteiger partial charge in [0.1, 0.15) is 0 Å². The molecule has 4 nitrogen and oxygen atoms in total. The van der Waals surface area contributed by atoms with E-state index in [0.29, 0.717) is 31.2 Å². The Morgan fingerprint density at radius 3 is 2.73 bits per heavy atom. The van der Waals surface area contributed by atoms with Crippen molar-refractivity contribution in [2.45, 2.75) is 32.2 Å². The molecule has 1 aliphatic heterocycles. The van der Waals surface area contributed by atoms with Crippen LogP contribution in [0.1, 0.15) is 25.6 Å². The van der Waals surface area contributed by atoms with E-state index < -0.39 is 5.92 Å². The van der Waals surface area contributed by atoms with Crippen molar-refractivity contribution in [2.24, 2.45) is 5.92 Å². The second-order valence-electron chi connectivity index (χ2n) is 5.94. The molecule has 1 saturated heterocycles. The standard InChI is InChI=1S/C16H21F2N3O/c1-16(17,18)15-20-13-9-12(19-2)3-4-14(13)21(15)10-11-5-7-22-8-6-11/h3-4,9,11,19H,5-8,10H2,1-2H3. The second kappa shape index (κ2) is 5.83. The number of imidazole rings is 1. The molecule has 1 aromatic carbocycles. The van der Waals surface area contributed by atoms with Gasteiger partial charge in [0.05, 0.1) is 11.0 Å². The molecule has 0 spiro atoms. The highest BCUT2D eigenvalue weighted by Crippen LogP contribution is 2.32. The summed E-state index contributed by atoms with van der Waals surface area (Å²) in [6, 6.07) is 5.57. The van der Waals surface area contributed by atoms with E-state index >= 15 is 0 Å². The molecule has 3 rings (SSSR count). The van der Waals surface area contributed by atoms with E-state index in [9.17, 15) is 8.78 Å². The fourth-order valence-corrected chi connectivity index (χ4v) is 2.99. The van der Waals surface area contributed by atoms with E-state index in [-0.39, 0.29) is 5.82 Å². The molecule has 0 saturated carbocycles. The van der Waals surface area contributed by atoms with Crippen LogP contribution in [0.3, 0.4) is 0 Å². The predicted octanol–water partition coefficient (Wildman–Crippen LogP) is 3.62. The molecular weight excluding hydrogens is 288 g/mol. The van der Waals surface area contributed by atoms with E-state index in [2.05, 4.69) is 10.3 Å². The van der Waals surface area contributed by atoms with E-state index in [1.807, 2.05) is 18.2 Å². The Bertz CT molecular complexity index is 657. The molecule has 0 bridgehead atoms. The summed E-state index contributed by atoms with van der Waals surface area (Å²) in [5, 5.41) is 3.01. The number of aromatic nitrogens is 2. The van der Waals surface area contributed by atoms with Crippen molar-refractivity contribution in [3.05, 3.63) is 24.0 Å². The van der Waals surface area contributed by atoms with Crippen LogP contribution in [0.15, 0.2) is 18.2 Å². The monoisotopic (exact) mass is 309 g/mol. The zero-order valence-electron chi connectivity index (χ0n) is 12.9. The molecule has 1 aromatic heterocycles. The molecule has 0 atom stereocenters. The zero-order chi connectivity index (χ0) is 15.7. The Balaban J connectivity index is 2.04. The fourth-order valence-electron chi connectivity index (χ4n) is 2.99. The van der Waals surface area contributed by atoms with Crippen molar-refractivity contribution in [2.75, 3.05) is 25.6 Å². The van der Waals surface area contributed by atoms with Crippen molar-refractivity contribution >= 4 is 16.7 Å². The van der Waals surface area contributed by atoms with Crippen molar-refractivity contribution in [1.82, 2.24) is 9.55 Å². The Hall–Kier alpha value is -1.69. The van der Waals surface area contributed by atoms with Gasteiger partial charge < -0.3 is 14.6 Å². The van der Waals surface area contributed by atoms with Crippen molar-refractivity contribution in [3.8, 4) is 0 Å². The number of rotatable bonds is 4. The van der Waals surface area contributed by atoms with E-state index in [0.717, 1.165) is 31.0 Å². The lowest BCUT2D eigenvalue weighted by molar-refractivity contribution is 0.00223. The van der Waals surface area contributed by atoms with Crippen LogP contribution in [0.4, 0.5) is 14.5 Å². The number of anilines is 1. The van der Waals surface area contributed by atoms with Gasteiger partial charge in [0, 0.05) is 39.4 Å². The summed E-state index contributed by atoms with van der Waals surface area (Å²) < 4.78 is 35.0. The van der Waals surface area contributed by atoms with Crippen LogP contribution in [0, 0.1) is 5.92 Å². The van der Waals surface area contributed by atoms with Gasteiger partial charge in [-0.15, -0.1) is 0 Å². The van der Waals surface area contributed by atoms with Crippen LogP contribution in [0.2, 0.25) is 0 Å². The number of alkyl halides is 2. The Labute approximate surface area is 128 Å². The highest BCUT2D eigenvalue weighted by molar-refractivity contribution is 5.80. The smallest absolute Gasteiger partial charge is 0.302 e. The summed E-state index contributed by atoms with van der Waals surface area (Å²) in [5.74, 6) is -2.75. The maximum Gasteiger partial charge on any atom is 0.302 e. The number of hydrogen-bond acceptors (Lipinski definition) is 3. The summed E-state index contributed by atoms with van der Waals surface area (Å²) in [6.45, 7) is 2.89. The molecule has 2 aromatic rings. The lowest BCUT2D eigenvalue weighted by Crippen LogP contribution is -2.24. The highest BCUT2D eigenvalue weighted by atomic mass is 19.3. The number of nitrogens with one attached hydrogen (secondary N) is 1. The second-order valence-corrected chi connectivity index (χ2v) is 5.94. The van der Waals surface area contributed by atoms with Crippen LogP contribution < -0.4 is 5.32 Å². The normalized spacial score (nSPS) is 17.1. The van der Waals surface area contributed by atoms with Gasteiger partial charge in [0.15, 0.2) is 5.82 Å². The molecule has 2 heterocycles. The van der Waals surface area contributed by atoms with Crippen LogP contribution in [-0.4, -0.2) is 29.8 Å². The molecule has 0 amide bonds. The third-order valence-corrected chi connectivity index (χ3v) is 4.21. The van der Waals surface area contributed by atoms with Crippen LogP contribution in [0.5, 0.6) is 0 Å². The molecule has 0 unspecified atom stereocenters. The molecule has 1 fully saturated rings. The van der Waals surface area contributed by atoms with Gasteiger partial charge >= 0.3 is 5.92 Å². The largest absolute Gasteiger partial charge is 0.388 e. The Morgan fingerprint density at radius 2 is 2.09 bits per heavy atom. The predicted molar refractivity (Wildman–Crippen MR) is 82.4 cm³/mol. The molecule has 22 heavy (non-hydrogen) atoms. The first kappa shape index (κ1) is 15.2. The topological polar surface area (TPSA) is 39.1 Å². The minimum Gasteiger partial charge on any atom is -0.388 e. The summed E-state index contributed by atoms with van der Waals surface area (Å²) in [5.41, 5.74) is 2.24. The number of benzene rings is 1. The van der Waals surface area contributed by atoms with Gasteiger partial charge in [-0.05, 0) is 37.0 Å². The van der Waals surface area contributed by atoms with E-state index in [1.165, 1.54) is 0 Å². The van der Waals surface area contributed by atoms with Gasteiger partial charge in [0.2, 0.25) is 0 Å². The Kier molecular flexibility index (Phi) is 4.04. The van der Waals surface area contributed by atoms with Crippen LogP contribution in [-0.2, 0) is 17.2 Å². The summed E-state index contributed by atoms with van der Waals surface area (Å²) in [6.07, 6.45) is 1.81. The van der Waals surface area contributed by atoms with Crippen LogP contribution in [0.25, 0.3) is 11.0 Å². The van der Waals surface area contributed by atoms with E-state index in [1.54, 1.807) is 11.6 Å². The number of nitrogens with zero attached hydrogens (tertiary/aromatic N) is 2. The number of ether oxygens (including phenoxy) is 1. The van der Waals surface area contributed by atoms with Crippen LogP contribution >= 0.6 is 0 Å². The maximum absolute atomic E-state index is 14.0. The van der Waals surface area contributed by atoms with E-state index in [4.69, 9.17) is 4.74 Å². The number of fused-ring (bicyclic) bond motifs is 1. The third-order valence-electron chi connectivity index (χ3n) is 4.21. The molecule has 1 aliphatic rings. The molecule has 0 aliphatic carbocycles. The molecule has 0 radical (unpaired) electrons. The van der Waals surface area contributed by atoms with Crippen molar-refractivity contribution in [3.63, 3.8) is 0 Å². The quantitative estimate of drug-likeness (QED) is 0.937. The van der Waals surface area contributed by atoms with Gasteiger partial charge in [0.25, 0.3) is 0 Å². The van der Waals surface area contributed by atoms with Crippen molar-refractivity contribution in [1.29, 1.82) is 0 Å². The fraction of sp³-hybridized carbons (Fsp3) is 0.562. The average molecular weight is 309 g/mol. The lowest BCUT2D eigenvalue weighted by Gasteiger charge is -2.24.